The Balaban J connectivity index is 2.13. The Labute approximate surface area is 117 Å². The molecule has 0 unspecified atom stereocenters. The van der Waals surface area contributed by atoms with Crippen molar-refractivity contribution in [2.75, 3.05) is 18.5 Å². The Morgan fingerprint density at radius 2 is 1.75 bits per heavy atom. The van der Waals surface area contributed by atoms with Crippen LogP contribution in [0.2, 0.25) is 0 Å². The second-order valence-corrected chi connectivity index (χ2v) is 4.82. The van der Waals surface area contributed by atoms with Gasteiger partial charge in [-0.3, -0.25) is 4.79 Å². The third kappa shape index (κ3) is 3.09. The monoisotopic (exact) mass is 271 g/mol. The highest BCUT2D eigenvalue weighted by Gasteiger charge is 2.14. The number of Topliss-reactive ketones (excluding diaryl/α,β-unsaturated/α-hetero) is 1. The normalized spacial score (nSPS) is 10.3. The number of ketones is 1. The summed E-state index contributed by atoms with van der Waals surface area (Å²) in [6.07, 6.45) is 0. The summed E-state index contributed by atoms with van der Waals surface area (Å²) >= 11 is 0. The summed E-state index contributed by atoms with van der Waals surface area (Å²) in [4.78, 5) is 14.0. The van der Waals surface area contributed by atoms with Gasteiger partial charge < -0.3 is 15.1 Å². The second kappa shape index (κ2) is 5.65. The van der Waals surface area contributed by atoms with E-state index in [-0.39, 0.29) is 29.4 Å². The molecule has 0 aromatic heterocycles. The molecule has 20 heavy (non-hydrogen) atoms. The molecule has 104 valence electrons. The first kappa shape index (κ1) is 13.9. The number of benzene rings is 2. The minimum Gasteiger partial charge on any atom is -0.508 e. The van der Waals surface area contributed by atoms with Crippen LogP contribution >= 0.6 is 0 Å². The molecule has 0 aliphatic rings. The van der Waals surface area contributed by atoms with Crippen LogP contribution in [0.3, 0.4) is 0 Å². The smallest absolute Gasteiger partial charge is 0.185 e. The first-order valence-corrected chi connectivity index (χ1v) is 6.30. The number of phenols is 2. The molecule has 2 aromatic carbocycles. The first-order chi connectivity index (χ1) is 9.47. The van der Waals surface area contributed by atoms with E-state index in [1.807, 2.05) is 43.1 Å². The molecule has 0 aliphatic carbocycles. The van der Waals surface area contributed by atoms with E-state index in [1.54, 1.807) is 0 Å². The van der Waals surface area contributed by atoms with Crippen LogP contribution in [0.4, 0.5) is 5.69 Å². The molecular weight excluding hydrogens is 254 g/mol. The maximum absolute atomic E-state index is 12.1. The van der Waals surface area contributed by atoms with E-state index in [0.29, 0.717) is 0 Å². The maximum atomic E-state index is 12.1. The van der Waals surface area contributed by atoms with Gasteiger partial charge in [-0.1, -0.05) is 17.7 Å². The minimum absolute atomic E-state index is 0.0639. The van der Waals surface area contributed by atoms with Crippen molar-refractivity contribution in [3.63, 3.8) is 0 Å². The number of aromatic hydroxyl groups is 2. The van der Waals surface area contributed by atoms with Gasteiger partial charge in [0.05, 0.1) is 12.1 Å². The van der Waals surface area contributed by atoms with E-state index in [4.69, 9.17) is 0 Å². The molecular formula is C16H17NO3. The highest BCUT2D eigenvalue weighted by molar-refractivity contribution is 6.01. The molecule has 0 spiro atoms. The zero-order valence-electron chi connectivity index (χ0n) is 11.5. The molecule has 0 heterocycles. The molecule has 0 fully saturated rings. The molecule has 2 rings (SSSR count). The molecule has 0 saturated carbocycles. The molecule has 4 nitrogen and oxygen atoms in total. The largest absolute Gasteiger partial charge is 0.508 e. The molecule has 2 N–H and O–H groups in total. The van der Waals surface area contributed by atoms with Gasteiger partial charge in [0.25, 0.3) is 0 Å². The van der Waals surface area contributed by atoms with Gasteiger partial charge in [-0.25, -0.2) is 0 Å². The molecule has 4 heteroatoms. The van der Waals surface area contributed by atoms with E-state index in [2.05, 4.69) is 0 Å². The van der Waals surface area contributed by atoms with Gasteiger partial charge in [-0.15, -0.1) is 0 Å². The second-order valence-electron chi connectivity index (χ2n) is 4.82. The van der Waals surface area contributed by atoms with Gasteiger partial charge in [0.1, 0.15) is 11.5 Å². The molecule has 0 saturated heterocycles. The fourth-order valence-electron chi connectivity index (χ4n) is 1.95. The predicted molar refractivity (Wildman–Crippen MR) is 78.6 cm³/mol. The number of hydrogen-bond donors (Lipinski definition) is 2. The summed E-state index contributed by atoms with van der Waals surface area (Å²) in [5.41, 5.74) is 2.30. The average Bonchev–Trinajstić information content (AvgIpc) is 2.39. The van der Waals surface area contributed by atoms with Crippen LogP contribution in [0.1, 0.15) is 15.9 Å². The Hall–Kier alpha value is -2.49. The van der Waals surface area contributed by atoms with Gasteiger partial charge in [0.2, 0.25) is 0 Å². The van der Waals surface area contributed by atoms with E-state index in [0.717, 1.165) is 11.3 Å². The Morgan fingerprint density at radius 3 is 2.35 bits per heavy atom. The van der Waals surface area contributed by atoms with Gasteiger partial charge in [0, 0.05) is 18.8 Å². The van der Waals surface area contributed by atoms with Crippen molar-refractivity contribution in [1.29, 1.82) is 0 Å². The lowest BCUT2D eigenvalue weighted by Gasteiger charge is -2.18. The average molecular weight is 271 g/mol. The van der Waals surface area contributed by atoms with Crippen LogP contribution in [0.5, 0.6) is 11.5 Å². The number of rotatable bonds is 4. The summed E-state index contributed by atoms with van der Waals surface area (Å²) in [6.45, 7) is 2.16. The topological polar surface area (TPSA) is 60.8 Å². The number of phenolic OH excluding ortho intramolecular Hbond substituents is 2. The zero-order valence-corrected chi connectivity index (χ0v) is 11.5. The van der Waals surface area contributed by atoms with Crippen molar-refractivity contribution < 1.29 is 15.0 Å². The van der Waals surface area contributed by atoms with Crippen molar-refractivity contribution in [1.82, 2.24) is 0 Å². The van der Waals surface area contributed by atoms with Crippen LogP contribution in [0.25, 0.3) is 0 Å². The van der Waals surface area contributed by atoms with Crippen LogP contribution in [0.15, 0.2) is 42.5 Å². The predicted octanol–water partition coefficient (Wildman–Crippen LogP) is 2.73. The fraction of sp³-hybridized carbons (Fsp3) is 0.188. The summed E-state index contributed by atoms with van der Waals surface area (Å²) in [5.74, 6) is -0.469. The highest BCUT2D eigenvalue weighted by atomic mass is 16.3. The maximum Gasteiger partial charge on any atom is 0.185 e. The Morgan fingerprint density at radius 1 is 1.10 bits per heavy atom. The molecule has 0 atom stereocenters. The van der Waals surface area contributed by atoms with E-state index >= 15 is 0 Å². The lowest BCUT2D eigenvalue weighted by atomic mass is 10.1. The number of nitrogens with zero attached hydrogens (tertiary/aromatic N) is 1. The van der Waals surface area contributed by atoms with E-state index in [9.17, 15) is 15.0 Å². The Kier molecular flexibility index (Phi) is 3.94. The lowest BCUT2D eigenvalue weighted by molar-refractivity contribution is 0.0998. The van der Waals surface area contributed by atoms with Crippen molar-refractivity contribution in [2.24, 2.45) is 0 Å². The van der Waals surface area contributed by atoms with Crippen molar-refractivity contribution >= 4 is 11.5 Å². The number of hydrogen-bond acceptors (Lipinski definition) is 4. The number of carbonyl (C=O) groups is 1. The van der Waals surface area contributed by atoms with Gasteiger partial charge in [-0.2, -0.15) is 0 Å². The summed E-state index contributed by atoms with van der Waals surface area (Å²) in [6, 6.07) is 11.8. The lowest BCUT2D eigenvalue weighted by Crippen LogP contribution is -2.25. The number of likely N-dealkylation sites (N-methyl/N-ethyl adjacent to an activating group) is 1. The summed E-state index contributed by atoms with van der Waals surface area (Å²) < 4.78 is 0. The van der Waals surface area contributed by atoms with Crippen molar-refractivity contribution in [2.45, 2.75) is 6.92 Å². The molecule has 0 aliphatic heterocycles. The molecule has 0 amide bonds. The summed E-state index contributed by atoms with van der Waals surface area (Å²) in [5, 5.41) is 18.9. The van der Waals surface area contributed by atoms with Crippen LogP contribution in [-0.4, -0.2) is 29.6 Å². The van der Waals surface area contributed by atoms with Gasteiger partial charge >= 0.3 is 0 Å². The van der Waals surface area contributed by atoms with Crippen LogP contribution < -0.4 is 4.90 Å². The van der Waals surface area contributed by atoms with Gasteiger partial charge in [0.15, 0.2) is 5.78 Å². The first-order valence-electron chi connectivity index (χ1n) is 6.30. The standard InChI is InChI=1S/C16H17NO3/c1-11-3-5-12(6-4-11)17(2)10-16(20)14-8-7-13(18)9-15(14)19/h3-9,18-19H,10H2,1-2H3. The molecule has 0 radical (unpaired) electrons. The van der Waals surface area contributed by atoms with Crippen molar-refractivity contribution in [3.05, 3.63) is 53.6 Å². The van der Waals surface area contributed by atoms with E-state index in [1.165, 1.54) is 18.2 Å². The molecule has 2 aromatic rings. The highest BCUT2D eigenvalue weighted by Crippen LogP contribution is 2.23. The quantitative estimate of drug-likeness (QED) is 0.839. The number of carbonyl (C=O) groups excluding carboxylic acids is 1. The SMILES string of the molecule is Cc1ccc(N(C)CC(=O)c2ccc(O)cc2O)cc1. The van der Waals surface area contributed by atoms with Crippen molar-refractivity contribution in [3.8, 4) is 11.5 Å². The van der Waals surface area contributed by atoms with Gasteiger partial charge in [-0.05, 0) is 31.2 Å². The van der Waals surface area contributed by atoms with Crippen LogP contribution in [-0.2, 0) is 0 Å². The van der Waals surface area contributed by atoms with E-state index < -0.39 is 0 Å². The Bertz CT molecular complexity index is 620. The summed E-state index contributed by atoms with van der Waals surface area (Å²) in [7, 11) is 1.82. The minimum atomic E-state index is -0.203. The molecule has 0 bridgehead atoms. The fourth-order valence-corrected chi connectivity index (χ4v) is 1.95. The third-order valence-electron chi connectivity index (χ3n) is 3.14. The number of aryl methyl sites for hydroxylation is 1. The van der Waals surface area contributed by atoms with Crippen LogP contribution in [0, 0.1) is 6.92 Å². The number of anilines is 1. The third-order valence-corrected chi connectivity index (χ3v) is 3.14. The zero-order chi connectivity index (χ0) is 14.7.